The number of rotatable bonds is 3. The smallest absolute Gasteiger partial charge is 0.114 e. The molecule has 2 aliphatic heterocycles. The highest BCUT2D eigenvalue weighted by atomic mass is 35.5. The fourth-order valence-electron chi connectivity index (χ4n) is 3.97. The van der Waals surface area contributed by atoms with Crippen LogP contribution in [0.4, 0.5) is 0 Å². The monoisotopic (exact) mass is 289 g/mol. The predicted molar refractivity (Wildman–Crippen MR) is 82.3 cm³/mol. The number of fused-ring (bicyclic) bond motifs is 3. The van der Waals surface area contributed by atoms with Gasteiger partial charge in [-0.3, -0.25) is 0 Å². The van der Waals surface area contributed by atoms with Gasteiger partial charge in [-0.2, -0.15) is 0 Å². The van der Waals surface area contributed by atoms with Gasteiger partial charge in [0.15, 0.2) is 0 Å². The van der Waals surface area contributed by atoms with E-state index < -0.39 is 0 Å². The van der Waals surface area contributed by atoms with Gasteiger partial charge in [-0.05, 0) is 43.9 Å². The van der Waals surface area contributed by atoms with E-state index in [1.807, 2.05) is 12.1 Å². The predicted octanol–water partition coefficient (Wildman–Crippen LogP) is 3.71. The molecule has 3 heterocycles. The first-order valence-electron chi connectivity index (χ1n) is 7.68. The van der Waals surface area contributed by atoms with Crippen molar-refractivity contribution in [1.29, 1.82) is 0 Å². The zero-order valence-electron chi connectivity index (χ0n) is 11.8. The molecule has 2 aliphatic rings. The van der Waals surface area contributed by atoms with Crippen LogP contribution in [0.2, 0.25) is 5.02 Å². The van der Waals surface area contributed by atoms with Gasteiger partial charge in [0.05, 0.1) is 11.0 Å². The van der Waals surface area contributed by atoms with Gasteiger partial charge in [-0.15, -0.1) is 0 Å². The molecule has 3 unspecified atom stereocenters. The maximum Gasteiger partial charge on any atom is 0.114 e. The number of hydrogen-bond acceptors (Lipinski definition) is 2. The second-order valence-electron chi connectivity index (χ2n) is 6.14. The Morgan fingerprint density at radius 2 is 2.30 bits per heavy atom. The van der Waals surface area contributed by atoms with E-state index in [0.717, 1.165) is 23.5 Å². The third-order valence-electron chi connectivity index (χ3n) is 4.82. The van der Waals surface area contributed by atoms with Gasteiger partial charge in [0.25, 0.3) is 0 Å². The molecular weight excluding hydrogens is 270 g/mol. The lowest BCUT2D eigenvalue weighted by Crippen LogP contribution is -2.23. The second kappa shape index (κ2) is 4.74. The molecule has 3 atom stereocenters. The van der Waals surface area contributed by atoms with Crippen molar-refractivity contribution in [3.63, 3.8) is 0 Å². The Labute approximate surface area is 124 Å². The summed E-state index contributed by atoms with van der Waals surface area (Å²) >= 11 is 6.12. The van der Waals surface area contributed by atoms with Gasteiger partial charge in [0.1, 0.15) is 5.82 Å². The molecule has 0 aliphatic carbocycles. The van der Waals surface area contributed by atoms with Crippen molar-refractivity contribution < 1.29 is 0 Å². The molecule has 106 valence electrons. The van der Waals surface area contributed by atoms with Crippen molar-refractivity contribution in [2.75, 3.05) is 0 Å². The molecule has 1 aromatic heterocycles. The summed E-state index contributed by atoms with van der Waals surface area (Å²) < 4.78 is 2.42. The normalized spacial score (nSPS) is 28.6. The van der Waals surface area contributed by atoms with Crippen LogP contribution in [0, 0.1) is 0 Å². The van der Waals surface area contributed by atoms with E-state index in [1.54, 1.807) is 0 Å². The van der Waals surface area contributed by atoms with Crippen molar-refractivity contribution in [3.05, 3.63) is 29.0 Å². The Morgan fingerprint density at radius 1 is 1.40 bits per heavy atom. The summed E-state index contributed by atoms with van der Waals surface area (Å²) in [5.74, 6) is 1.84. The van der Waals surface area contributed by atoms with E-state index >= 15 is 0 Å². The zero-order chi connectivity index (χ0) is 13.7. The summed E-state index contributed by atoms with van der Waals surface area (Å²) in [7, 11) is 0. The first-order chi connectivity index (χ1) is 9.76. The Bertz CT molecular complexity index is 648. The van der Waals surface area contributed by atoms with E-state index in [-0.39, 0.29) is 0 Å². The standard InChI is InChI=1S/C16H20ClN3/c1-2-7-20-15-6-3-10(17)8-14(15)19-16(20)12-9-11-4-5-13(12)18-11/h3,6,8,11-13,18H,2,4-5,7,9H2,1H3. The number of aromatic nitrogens is 2. The van der Waals surface area contributed by atoms with E-state index in [2.05, 4.69) is 22.9 Å². The summed E-state index contributed by atoms with van der Waals surface area (Å²) in [6.07, 6.45) is 5.01. The van der Waals surface area contributed by atoms with Gasteiger partial charge in [0, 0.05) is 29.6 Å². The molecule has 20 heavy (non-hydrogen) atoms. The largest absolute Gasteiger partial charge is 0.328 e. The molecule has 0 amide bonds. The van der Waals surface area contributed by atoms with Crippen LogP contribution in [-0.4, -0.2) is 21.6 Å². The van der Waals surface area contributed by atoms with Crippen LogP contribution in [0.5, 0.6) is 0 Å². The van der Waals surface area contributed by atoms with E-state index in [1.165, 1.54) is 30.6 Å². The molecule has 1 aromatic carbocycles. The number of imidazole rings is 1. The van der Waals surface area contributed by atoms with Crippen molar-refractivity contribution in [3.8, 4) is 0 Å². The van der Waals surface area contributed by atoms with E-state index in [9.17, 15) is 0 Å². The average Bonchev–Trinajstić information content (AvgIpc) is 3.12. The van der Waals surface area contributed by atoms with E-state index in [0.29, 0.717) is 18.0 Å². The van der Waals surface area contributed by atoms with Crippen molar-refractivity contribution >= 4 is 22.6 Å². The minimum atomic E-state index is 0.575. The van der Waals surface area contributed by atoms with E-state index in [4.69, 9.17) is 16.6 Å². The highest BCUT2D eigenvalue weighted by Crippen LogP contribution is 2.40. The molecule has 2 bridgehead atoms. The van der Waals surface area contributed by atoms with Crippen molar-refractivity contribution in [1.82, 2.24) is 14.9 Å². The van der Waals surface area contributed by atoms with Crippen molar-refractivity contribution in [2.45, 2.75) is 57.2 Å². The van der Waals surface area contributed by atoms with Crippen LogP contribution in [0.1, 0.15) is 44.3 Å². The maximum atomic E-state index is 6.12. The first-order valence-corrected chi connectivity index (χ1v) is 8.06. The van der Waals surface area contributed by atoms with Gasteiger partial charge in [0.2, 0.25) is 0 Å². The number of nitrogens with one attached hydrogen (secondary N) is 1. The van der Waals surface area contributed by atoms with Crippen LogP contribution in [0.15, 0.2) is 18.2 Å². The number of nitrogens with zero attached hydrogens (tertiary/aromatic N) is 2. The number of aryl methyl sites for hydroxylation is 1. The Hall–Kier alpha value is -1.06. The highest BCUT2D eigenvalue weighted by molar-refractivity contribution is 6.31. The lowest BCUT2D eigenvalue weighted by Gasteiger charge is -2.21. The molecular formula is C16H20ClN3. The number of benzene rings is 1. The Morgan fingerprint density at radius 3 is 3.00 bits per heavy atom. The second-order valence-corrected chi connectivity index (χ2v) is 6.58. The minimum absolute atomic E-state index is 0.575. The molecule has 3 nitrogen and oxygen atoms in total. The molecule has 2 aromatic rings. The summed E-state index contributed by atoms with van der Waals surface area (Å²) in [6.45, 7) is 3.27. The quantitative estimate of drug-likeness (QED) is 0.933. The number of halogens is 1. The molecule has 0 saturated carbocycles. The maximum absolute atomic E-state index is 6.12. The van der Waals surface area contributed by atoms with Crippen LogP contribution in [0.3, 0.4) is 0 Å². The molecule has 2 saturated heterocycles. The van der Waals surface area contributed by atoms with Crippen LogP contribution in [0.25, 0.3) is 11.0 Å². The molecule has 4 rings (SSSR count). The third kappa shape index (κ3) is 1.87. The van der Waals surface area contributed by atoms with Crippen LogP contribution in [-0.2, 0) is 6.54 Å². The van der Waals surface area contributed by atoms with Gasteiger partial charge in [-0.1, -0.05) is 18.5 Å². The van der Waals surface area contributed by atoms with Crippen molar-refractivity contribution in [2.24, 2.45) is 0 Å². The first kappa shape index (κ1) is 12.7. The SMILES string of the molecule is CCCn1c(C2CC3CCC2N3)nc2cc(Cl)ccc21. The third-order valence-corrected chi connectivity index (χ3v) is 5.05. The summed E-state index contributed by atoms with van der Waals surface area (Å²) in [6, 6.07) is 7.42. The molecule has 4 heteroatoms. The highest BCUT2D eigenvalue weighted by Gasteiger charge is 2.41. The Balaban J connectivity index is 1.83. The Kier molecular flexibility index (Phi) is 3.00. The van der Waals surface area contributed by atoms with Gasteiger partial charge >= 0.3 is 0 Å². The van der Waals surface area contributed by atoms with Crippen LogP contribution >= 0.6 is 11.6 Å². The topological polar surface area (TPSA) is 29.9 Å². The van der Waals surface area contributed by atoms with Gasteiger partial charge in [-0.25, -0.2) is 4.98 Å². The fourth-order valence-corrected chi connectivity index (χ4v) is 4.14. The molecule has 2 fully saturated rings. The molecule has 0 radical (unpaired) electrons. The summed E-state index contributed by atoms with van der Waals surface area (Å²) in [5.41, 5.74) is 2.28. The fraction of sp³-hybridized carbons (Fsp3) is 0.562. The molecule has 0 spiro atoms. The zero-order valence-corrected chi connectivity index (χ0v) is 12.5. The van der Waals surface area contributed by atoms with Crippen LogP contribution < -0.4 is 5.32 Å². The molecule has 1 N–H and O–H groups in total. The average molecular weight is 290 g/mol. The summed E-state index contributed by atoms with van der Waals surface area (Å²) in [5, 5.41) is 4.50. The minimum Gasteiger partial charge on any atom is -0.328 e. The van der Waals surface area contributed by atoms with Gasteiger partial charge < -0.3 is 9.88 Å². The summed E-state index contributed by atoms with van der Waals surface area (Å²) in [4.78, 5) is 4.93. The number of hydrogen-bond donors (Lipinski definition) is 1. The lowest BCUT2D eigenvalue weighted by molar-refractivity contribution is 0.467. The lowest BCUT2D eigenvalue weighted by atomic mass is 9.88.